The van der Waals surface area contributed by atoms with Crippen LogP contribution in [0.15, 0.2) is 6.07 Å². The van der Waals surface area contributed by atoms with Gasteiger partial charge in [-0.15, -0.1) is 11.3 Å². The molecule has 0 aromatic carbocycles. The summed E-state index contributed by atoms with van der Waals surface area (Å²) < 4.78 is 1.78. The molecule has 0 spiro atoms. The molecule has 7 heteroatoms. The van der Waals surface area contributed by atoms with Crippen LogP contribution >= 0.6 is 11.3 Å². The molecule has 3 rings (SSSR count). The molecule has 0 amide bonds. The fourth-order valence-corrected chi connectivity index (χ4v) is 3.30. The van der Waals surface area contributed by atoms with Crippen LogP contribution in [0.5, 0.6) is 0 Å². The van der Waals surface area contributed by atoms with E-state index in [0.29, 0.717) is 17.2 Å². The minimum Gasteiger partial charge on any atom is -0.481 e. The number of aromatic nitrogens is 3. The Morgan fingerprint density at radius 2 is 2.42 bits per heavy atom. The lowest BCUT2D eigenvalue weighted by molar-refractivity contribution is -0.138. The van der Waals surface area contributed by atoms with Gasteiger partial charge in [0.2, 0.25) is 0 Å². The molecule has 1 aliphatic carbocycles. The molecule has 19 heavy (non-hydrogen) atoms. The number of fused-ring (bicyclic) bond motifs is 1. The summed E-state index contributed by atoms with van der Waals surface area (Å²) in [6.07, 6.45) is 1.46. The van der Waals surface area contributed by atoms with Gasteiger partial charge in [-0.3, -0.25) is 9.48 Å². The Balaban J connectivity index is 1.84. The highest BCUT2D eigenvalue weighted by Gasteiger charge is 2.32. The molecule has 0 bridgehead atoms. The molecule has 6 nitrogen and oxygen atoms in total. The number of thiazole rings is 1. The first-order valence-electron chi connectivity index (χ1n) is 6.04. The molecule has 0 aliphatic heterocycles. The normalized spacial score (nSPS) is 17.5. The largest absolute Gasteiger partial charge is 0.481 e. The van der Waals surface area contributed by atoms with Gasteiger partial charge in [0.15, 0.2) is 10.9 Å². The summed E-state index contributed by atoms with van der Waals surface area (Å²) in [6, 6.07) is 1.93. The zero-order valence-corrected chi connectivity index (χ0v) is 11.5. The number of aliphatic carboxylic acids is 1. The van der Waals surface area contributed by atoms with E-state index in [1.165, 1.54) is 11.3 Å². The predicted octanol–water partition coefficient (Wildman–Crippen LogP) is 2.04. The van der Waals surface area contributed by atoms with Crippen LogP contribution in [0, 0.1) is 6.92 Å². The second kappa shape index (κ2) is 4.34. The van der Waals surface area contributed by atoms with Crippen LogP contribution in [0.1, 0.15) is 28.6 Å². The zero-order chi connectivity index (χ0) is 13.6. The van der Waals surface area contributed by atoms with Crippen molar-refractivity contribution in [3.8, 4) is 0 Å². The molecule has 0 saturated carbocycles. The second-order valence-electron chi connectivity index (χ2n) is 4.68. The van der Waals surface area contributed by atoms with E-state index in [0.717, 1.165) is 22.8 Å². The van der Waals surface area contributed by atoms with Crippen molar-refractivity contribution in [2.24, 2.45) is 7.05 Å². The summed E-state index contributed by atoms with van der Waals surface area (Å²) >= 11 is 1.52. The van der Waals surface area contributed by atoms with Gasteiger partial charge in [-0.2, -0.15) is 5.10 Å². The lowest BCUT2D eigenvalue weighted by atomic mass is 10.1. The number of rotatable bonds is 3. The average Bonchev–Trinajstić information content (AvgIpc) is 2.94. The number of nitrogens with one attached hydrogen (secondary N) is 1. The van der Waals surface area contributed by atoms with Crippen molar-refractivity contribution in [1.82, 2.24) is 14.8 Å². The van der Waals surface area contributed by atoms with Crippen molar-refractivity contribution in [3.63, 3.8) is 0 Å². The van der Waals surface area contributed by atoms with E-state index in [9.17, 15) is 4.79 Å². The number of aryl methyl sites for hydroxylation is 3. The first-order valence-corrected chi connectivity index (χ1v) is 6.86. The van der Waals surface area contributed by atoms with Gasteiger partial charge in [0.1, 0.15) is 5.92 Å². The second-order valence-corrected chi connectivity index (χ2v) is 5.76. The van der Waals surface area contributed by atoms with Gasteiger partial charge in [-0.1, -0.05) is 0 Å². The first kappa shape index (κ1) is 12.2. The van der Waals surface area contributed by atoms with Crippen LogP contribution in [-0.4, -0.2) is 25.8 Å². The van der Waals surface area contributed by atoms with Crippen molar-refractivity contribution in [1.29, 1.82) is 0 Å². The molecule has 2 aromatic heterocycles. The summed E-state index contributed by atoms with van der Waals surface area (Å²) in [7, 11) is 1.88. The Bertz CT molecular complexity index is 627. The first-order chi connectivity index (χ1) is 9.04. The molecule has 0 fully saturated rings. The molecule has 2 N–H and O–H groups in total. The number of carbonyl (C=O) groups is 1. The molecule has 0 radical (unpaired) electrons. The van der Waals surface area contributed by atoms with Gasteiger partial charge < -0.3 is 10.4 Å². The van der Waals surface area contributed by atoms with E-state index in [1.54, 1.807) is 4.68 Å². The van der Waals surface area contributed by atoms with Gasteiger partial charge >= 0.3 is 5.97 Å². The molecule has 0 saturated heterocycles. The average molecular weight is 278 g/mol. The van der Waals surface area contributed by atoms with Gasteiger partial charge in [0.25, 0.3) is 0 Å². The topological polar surface area (TPSA) is 80.0 Å². The SMILES string of the molecule is Cc1cc(Nc2nc3c(s2)CCC3C(=O)O)nn1C. The van der Waals surface area contributed by atoms with Crippen LogP contribution in [0.4, 0.5) is 10.9 Å². The molecule has 100 valence electrons. The van der Waals surface area contributed by atoms with Crippen molar-refractivity contribution < 1.29 is 9.90 Å². The van der Waals surface area contributed by atoms with Crippen LogP contribution in [0.3, 0.4) is 0 Å². The number of hydrogen-bond donors (Lipinski definition) is 2. The Hall–Kier alpha value is -1.89. The Morgan fingerprint density at radius 1 is 1.63 bits per heavy atom. The summed E-state index contributed by atoms with van der Waals surface area (Å²) in [6.45, 7) is 1.97. The van der Waals surface area contributed by atoms with E-state index in [2.05, 4.69) is 15.4 Å². The van der Waals surface area contributed by atoms with Crippen molar-refractivity contribution in [2.75, 3.05) is 5.32 Å². The van der Waals surface area contributed by atoms with Crippen molar-refractivity contribution in [2.45, 2.75) is 25.7 Å². The molecule has 2 aromatic rings. The van der Waals surface area contributed by atoms with E-state index >= 15 is 0 Å². The zero-order valence-electron chi connectivity index (χ0n) is 10.7. The van der Waals surface area contributed by atoms with Crippen LogP contribution in [0.2, 0.25) is 0 Å². The highest BCUT2D eigenvalue weighted by molar-refractivity contribution is 7.15. The van der Waals surface area contributed by atoms with Crippen LogP contribution < -0.4 is 5.32 Å². The molecular formula is C12H14N4O2S. The lowest BCUT2D eigenvalue weighted by Crippen LogP contribution is -2.08. The van der Waals surface area contributed by atoms with E-state index in [4.69, 9.17) is 5.11 Å². The summed E-state index contributed by atoms with van der Waals surface area (Å²) in [5, 5.41) is 17.3. The van der Waals surface area contributed by atoms with Crippen LogP contribution in [0.25, 0.3) is 0 Å². The minimum atomic E-state index is -0.788. The fraction of sp³-hybridized carbons (Fsp3) is 0.417. The highest BCUT2D eigenvalue weighted by atomic mass is 32.1. The Kier molecular flexibility index (Phi) is 2.78. The molecule has 1 unspecified atom stereocenters. The Labute approximate surface area is 114 Å². The van der Waals surface area contributed by atoms with Crippen LogP contribution in [-0.2, 0) is 18.3 Å². The highest BCUT2D eigenvalue weighted by Crippen LogP contribution is 2.39. The van der Waals surface area contributed by atoms with Gasteiger partial charge in [-0.05, 0) is 19.8 Å². The van der Waals surface area contributed by atoms with Gasteiger partial charge in [0, 0.05) is 23.7 Å². The fourth-order valence-electron chi connectivity index (χ4n) is 2.25. The maximum atomic E-state index is 11.1. The number of hydrogen-bond acceptors (Lipinski definition) is 5. The summed E-state index contributed by atoms with van der Waals surface area (Å²) in [5.41, 5.74) is 1.77. The van der Waals surface area contributed by atoms with Crippen molar-refractivity contribution in [3.05, 3.63) is 22.3 Å². The number of carboxylic acid groups (broad SMARTS) is 1. The maximum Gasteiger partial charge on any atom is 0.312 e. The number of nitrogens with zero attached hydrogens (tertiary/aromatic N) is 3. The molecular weight excluding hydrogens is 264 g/mol. The maximum absolute atomic E-state index is 11.1. The van der Waals surface area contributed by atoms with Crippen molar-refractivity contribution >= 4 is 28.3 Å². The minimum absolute atomic E-state index is 0.452. The summed E-state index contributed by atoms with van der Waals surface area (Å²) in [4.78, 5) is 16.6. The third kappa shape index (κ3) is 2.10. The van der Waals surface area contributed by atoms with Gasteiger partial charge in [0.05, 0.1) is 5.69 Å². The lowest BCUT2D eigenvalue weighted by Gasteiger charge is -2.01. The van der Waals surface area contributed by atoms with E-state index < -0.39 is 11.9 Å². The monoisotopic (exact) mass is 278 g/mol. The van der Waals surface area contributed by atoms with E-state index in [1.807, 2.05) is 20.0 Å². The Morgan fingerprint density at radius 3 is 3.05 bits per heavy atom. The number of anilines is 2. The smallest absolute Gasteiger partial charge is 0.312 e. The third-order valence-corrected chi connectivity index (χ3v) is 4.41. The number of carboxylic acids is 1. The molecule has 2 heterocycles. The molecule has 1 aliphatic rings. The predicted molar refractivity (Wildman–Crippen MR) is 72.0 cm³/mol. The van der Waals surface area contributed by atoms with Gasteiger partial charge in [-0.25, -0.2) is 4.98 Å². The van der Waals surface area contributed by atoms with E-state index in [-0.39, 0.29) is 0 Å². The third-order valence-electron chi connectivity index (χ3n) is 3.36. The molecule has 1 atom stereocenters. The summed E-state index contributed by atoms with van der Waals surface area (Å²) in [5.74, 6) is -0.504. The quantitative estimate of drug-likeness (QED) is 0.898. The standard InChI is InChI=1S/C12H14N4O2S/c1-6-5-9(15-16(6)2)13-12-14-10-7(11(17)18)3-4-8(10)19-12/h5,7H,3-4H2,1-2H3,(H,17,18)(H,13,14,15).